The largest absolute Gasteiger partial charge is 0.466 e. The molecule has 0 N–H and O–H groups in total. The minimum absolute atomic E-state index is 0.0168. The van der Waals surface area contributed by atoms with Gasteiger partial charge in [0.15, 0.2) is 0 Å². The fraction of sp³-hybridized carbons (Fsp3) is 0.579. The van der Waals surface area contributed by atoms with E-state index in [2.05, 4.69) is 31.7 Å². The van der Waals surface area contributed by atoms with Crippen LogP contribution in [-0.2, 0) is 19.7 Å². The number of carbonyl (C=O) groups is 2. The lowest BCUT2D eigenvalue weighted by Crippen LogP contribution is -2.49. The van der Waals surface area contributed by atoms with Gasteiger partial charge in [-0.3, -0.25) is 9.59 Å². The average Bonchev–Trinajstić information content (AvgIpc) is 2.54. The second-order valence-electron chi connectivity index (χ2n) is 7.26. The van der Waals surface area contributed by atoms with Crippen LogP contribution in [0.5, 0.6) is 0 Å². The number of benzene rings is 1. The summed E-state index contributed by atoms with van der Waals surface area (Å²) in [6.07, 6.45) is -0.179. The van der Waals surface area contributed by atoms with E-state index in [1.54, 1.807) is 11.8 Å². The van der Waals surface area contributed by atoms with Crippen molar-refractivity contribution in [2.45, 2.75) is 39.5 Å². The summed E-state index contributed by atoms with van der Waals surface area (Å²) in [7, 11) is 0. The molecule has 1 heterocycles. The summed E-state index contributed by atoms with van der Waals surface area (Å²) in [6, 6.07) is 5.98. The minimum Gasteiger partial charge on any atom is -0.466 e. The van der Waals surface area contributed by atoms with Crippen molar-refractivity contribution in [3.8, 4) is 0 Å². The second kappa shape index (κ2) is 8.09. The third kappa shape index (κ3) is 5.11. The predicted octanol–water partition coefficient (Wildman–Crippen LogP) is 3.24. The smallest absolute Gasteiger partial charge is 0.315 e. The molecule has 1 fully saturated rings. The third-order valence-electron chi connectivity index (χ3n) is 4.34. The van der Waals surface area contributed by atoms with Gasteiger partial charge in [0.2, 0.25) is 5.91 Å². The van der Waals surface area contributed by atoms with Crippen LogP contribution in [0.3, 0.4) is 0 Å². The van der Waals surface area contributed by atoms with Crippen LogP contribution in [-0.4, -0.2) is 49.6 Å². The molecule has 0 saturated carbocycles. The average molecular weight is 367 g/mol. The molecule has 0 radical (unpaired) electrons. The van der Waals surface area contributed by atoms with E-state index >= 15 is 0 Å². The van der Waals surface area contributed by atoms with Gasteiger partial charge < -0.3 is 14.5 Å². The van der Waals surface area contributed by atoms with Gasteiger partial charge in [-0.2, -0.15) is 0 Å². The van der Waals surface area contributed by atoms with Crippen molar-refractivity contribution in [3.05, 3.63) is 28.8 Å². The first kappa shape index (κ1) is 19.6. The number of amides is 1. The van der Waals surface area contributed by atoms with Crippen molar-refractivity contribution >= 4 is 29.2 Å². The number of esters is 1. The fourth-order valence-corrected chi connectivity index (χ4v) is 3.20. The Labute approximate surface area is 154 Å². The molecule has 138 valence electrons. The Hall–Kier alpha value is -1.75. The lowest BCUT2D eigenvalue weighted by Gasteiger charge is -2.38. The number of hydrogen-bond acceptors (Lipinski definition) is 4. The molecular formula is C19H27ClN2O3. The number of halogens is 1. The first-order valence-electron chi connectivity index (χ1n) is 8.70. The maximum Gasteiger partial charge on any atom is 0.315 e. The van der Waals surface area contributed by atoms with E-state index in [1.807, 2.05) is 12.1 Å². The number of nitrogens with zero attached hydrogens (tertiary/aromatic N) is 2. The molecule has 0 atom stereocenters. The number of hydrogen-bond donors (Lipinski definition) is 0. The Kier molecular flexibility index (Phi) is 6.33. The topological polar surface area (TPSA) is 49.9 Å². The Morgan fingerprint density at radius 3 is 2.36 bits per heavy atom. The molecule has 0 spiro atoms. The van der Waals surface area contributed by atoms with E-state index in [1.165, 1.54) is 5.56 Å². The van der Waals surface area contributed by atoms with Crippen LogP contribution in [0.4, 0.5) is 5.69 Å². The predicted molar refractivity (Wildman–Crippen MR) is 100 cm³/mol. The van der Waals surface area contributed by atoms with Crippen molar-refractivity contribution in [1.82, 2.24) is 4.90 Å². The van der Waals surface area contributed by atoms with Gasteiger partial charge in [-0.05, 0) is 36.1 Å². The van der Waals surface area contributed by atoms with Gasteiger partial charge in [0.25, 0.3) is 0 Å². The van der Waals surface area contributed by atoms with Crippen LogP contribution >= 0.6 is 11.6 Å². The van der Waals surface area contributed by atoms with Gasteiger partial charge in [-0.15, -0.1) is 0 Å². The molecule has 1 aliphatic heterocycles. The standard InChI is InChI=1S/C19H27ClN2O3/c1-5-25-18(24)13-17(23)22-10-8-21(9-11-22)16-7-6-14(20)12-15(16)19(2,3)4/h6-7,12H,5,8-11,13H2,1-4H3. The van der Waals surface area contributed by atoms with Gasteiger partial charge in [-0.1, -0.05) is 32.4 Å². The molecule has 0 aromatic heterocycles. The Balaban J connectivity index is 2.03. The van der Waals surface area contributed by atoms with Gasteiger partial charge in [0.05, 0.1) is 6.61 Å². The molecular weight excluding hydrogens is 340 g/mol. The zero-order valence-corrected chi connectivity index (χ0v) is 16.2. The maximum atomic E-state index is 12.2. The van der Waals surface area contributed by atoms with E-state index in [0.29, 0.717) is 19.7 Å². The summed E-state index contributed by atoms with van der Waals surface area (Å²) in [4.78, 5) is 27.7. The Bertz CT molecular complexity index is 632. The monoisotopic (exact) mass is 366 g/mol. The summed E-state index contributed by atoms with van der Waals surface area (Å²) in [5.74, 6) is -0.618. The minimum atomic E-state index is -0.456. The van der Waals surface area contributed by atoms with Crippen molar-refractivity contribution in [3.63, 3.8) is 0 Å². The third-order valence-corrected chi connectivity index (χ3v) is 4.58. The quantitative estimate of drug-likeness (QED) is 0.606. The summed E-state index contributed by atoms with van der Waals surface area (Å²) in [5, 5.41) is 0.733. The molecule has 1 aliphatic rings. The van der Waals surface area contributed by atoms with Crippen molar-refractivity contribution in [2.24, 2.45) is 0 Å². The van der Waals surface area contributed by atoms with Crippen LogP contribution in [0.15, 0.2) is 18.2 Å². The molecule has 6 heteroatoms. The number of ether oxygens (including phenoxy) is 1. The molecule has 1 saturated heterocycles. The molecule has 1 aromatic carbocycles. The van der Waals surface area contributed by atoms with E-state index in [4.69, 9.17) is 16.3 Å². The summed E-state index contributed by atoms with van der Waals surface area (Å²) < 4.78 is 4.85. The van der Waals surface area contributed by atoms with Gasteiger partial charge in [0.1, 0.15) is 6.42 Å². The highest BCUT2D eigenvalue weighted by atomic mass is 35.5. The van der Waals surface area contributed by atoms with Crippen LogP contribution < -0.4 is 4.90 Å². The lowest BCUT2D eigenvalue weighted by molar-refractivity contribution is -0.148. The van der Waals surface area contributed by atoms with Crippen molar-refractivity contribution < 1.29 is 14.3 Å². The molecule has 1 aromatic rings. The van der Waals surface area contributed by atoms with E-state index in [-0.39, 0.29) is 17.7 Å². The molecule has 1 amide bonds. The summed E-state index contributed by atoms with van der Waals surface area (Å²) in [5.41, 5.74) is 2.34. The van der Waals surface area contributed by atoms with E-state index < -0.39 is 5.97 Å². The van der Waals surface area contributed by atoms with E-state index in [0.717, 1.165) is 23.8 Å². The van der Waals surface area contributed by atoms with Gasteiger partial charge in [0, 0.05) is 36.9 Å². The Morgan fingerprint density at radius 1 is 1.16 bits per heavy atom. The molecule has 5 nitrogen and oxygen atoms in total. The van der Waals surface area contributed by atoms with Crippen LogP contribution in [0.25, 0.3) is 0 Å². The SMILES string of the molecule is CCOC(=O)CC(=O)N1CCN(c2ccc(Cl)cc2C(C)(C)C)CC1. The van der Waals surface area contributed by atoms with Crippen LogP contribution in [0.1, 0.15) is 39.7 Å². The number of anilines is 1. The fourth-order valence-electron chi connectivity index (χ4n) is 3.03. The first-order valence-corrected chi connectivity index (χ1v) is 9.08. The summed E-state index contributed by atoms with van der Waals surface area (Å²) in [6.45, 7) is 11.2. The molecule has 2 rings (SSSR count). The highest BCUT2D eigenvalue weighted by Gasteiger charge is 2.27. The van der Waals surface area contributed by atoms with Crippen molar-refractivity contribution in [2.75, 3.05) is 37.7 Å². The summed E-state index contributed by atoms with van der Waals surface area (Å²) >= 11 is 6.19. The zero-order valence-electron chi connectivity index (χ0n) is 15.5. The molecule has 0 unspecified atom stereocenters. The highest BCUT2D eigenvalue weighted by Crippen LogP contribution is 2.34. The van der Waals surface area contributed by atoms with Gasteiger partial charge >= 0.3 is 5.97 Å². The normalized spacial score (nSPS) is 15.2. The molecule has 0 aliphatic carbocycles. The molecule has 25 heavy (non-hydrogen) atoms. The highest BCUT2D eigenvalue weighted by molar-refractivity contribution is 6.30. The van der Waals surface area contributed by atoms with Crippen LogP contribution in [0.2, 0.25) is 5.02 Å². The Morgan fingerprint density at radius 2 is 1.80 bits per heavy atom. The number of carbonyl (C=O) groups excluding carboxylic acids is 2. The van der Waals surface area contributed by atoms with Crippen LogP contribution in [0, 0.1) is 0 Å². The van der Waals surface area contributed by atoms with E-state index in [9.17, 15) is 9.59 Å². The van der Waals surface area contributed by atoms with Crippen molar-refractivity contribution in [1.29, 1.82) is 0 Å². The maximum absolute atomic E-state index is 12.2. The first-order chi connectivity index (χ1) is 11.7. The number of rotatable bonds is 4. The van der Waals surface area contributed by atoms with Gasteiger partial charge in [-0.25, -0.2) is 0 Å². The zero-order chi connectivity index (χ0) is 18.6. The number of piperazine rings is 1. The lowest BCUT2D eigenvalue weighted by atomic mass is 9.85. The second-order valence-corrected chi connectivity index (χ2v) is 7.70. The molecule has 0 bridgehead atoms.